The lowest BCUT2D eigenvalue weighted by Crippen LogP contribution is -2.40. The number of nitrogens with one attached hydrogen (secondary N) is 1. The van der Waals surface area contributed by atoms with Crippen LogP contribution in [-0.4, -0.2) is 52.4 Å². The summed E-state index contributed by atoms with van der Waals surface area (Å²) in [5.41, 5.74) is 1.35. The maximum absolute atomic E-state index is 5.25. The second-order valence-corrected chi connectivity index (χ2v) is 6.23. The first-order valence-corrected chi connectivity index (χ1v) is 8.71. The van der Waals surface area contributed by atoms with Crippen molar-refractivity contribution in [3.8, 4) is 5.75 Å². The van der Waals surface area contributed by atoms with Crippen LogP contribution >= 0.6 is 0 Å². The molecule has 2 aromatic rings. The zero-order valence-electron chi connectivity index (χ0n) is 15.1. The fraction of sp³-hybridized carbons (Fsp3) is 0.500. The second-order valence-electron chi connectivity index (χ2n) is 6.23. The number of hydrogen-bond donors (Lipinski definition) is 1. The monoisotopic (exact) mass is 342 g/mol. The number of aryl methyl sites for hydroxylation is 1. The molecule has 1 saturated heterocycles. The van der Waals surface area contributed by atoms with Crippen LogP contribution in [0.15, 0.2) is 35.6 Å². The van der Waals surface area contributed by atoms with Crippen molar-refractivity contribution in [3.05, 3.63) is 42.0 Å². The Morgan fingerprint density at radius 2 is 2.16 bits per heavy atom. The SMILES string of the molecule is CCNC(=NCc1nncn1C)N1CCC(c2ccc(OC)cc2)C1. The number of aliphatic imine (C=N–C) groups is 1. The van der Waals surface area contributed by atoms with Crippen LogP contribution in [-0.2, 0) is 13.6 Å². The highest BCUT2D eigenvalue weighted by molar-refractivity contribution is 5.80. The molecule has 0 spiro atoms. The van der Waals surface area contributed by atoms with Gasteiger partial charge in [-0.1, -0.05) is 12.1 Å². The first-order valence-electron chi connectivity index (χ1n) is 8.71. The molecule has 1 atom stereocenters. The molecule has 0 bridgehead atoms. The van der Waals surface area contributed by atoms with Gasteiger partial charge in [0.1, 0.15) is 18.6 Å². The van der Waals surface area contributed by atoms with E-state index in [0.717, 1.165) is 43.6 Å². The van der Waals surface area contributed by atoms with Gasteiger partial charge in [-0.05, 0) is 31.0 Å². The molecule has 1 fully saturated rings. The van der Waals surface area contributed by atoms with Gasteiger partial charge in [-0.2, -0.15) is 0 Å². The van der Waals surface area contributed by atoms with Gasteiger partial charge in [0, 0.05) is 32.6 Å². The Bertz CT molecular complexity index is 709. The summed E-state index contributed by atoms with van der Waals surface area (Å²) in [6.45, 7) is 5.44. The van der Waals surface area contributed by atoms with Crippen LogP contribution in [0.1, 0.15) is 30.7 Å². The summed E-state index contributed by atoms with van der Waals surface area (Å²) in [5.74, 6) is 3.23. The van der Waals surface area contributed by atoms with E-state index in [0.29, 0.717) is 12.5 Å². The Morgan fingerprint density at radius 3 is 2.80 bits per heavy atom. The third-order valence-corrected chi connectivity index (χ3v) is 4.59. The summed E-state index contributed by atoms with van der Waals surface area (Å²) in [5, 5.41) is 11.4. The minimum absolute atomic E-state index is 0.518. The normalized spacial score (nSPS) is 17.8. The maximum atomic E-state index is 5.25. The van der Waals surface area contributed by atoms with Gasteiger partial charge in [0.05, 0.1) is 7.11 Å². The van der Waals surface area contributed by atoms with Gasteiger partial charge < -0.3 is 19.5 Å². The van der Waals surface area contributed by atoms with Crippen molar-refractivity contribution < 1.29 is 4.74 Å². The standard InChI is InChI=1S/C18H26N6O/c1-4-19-18(20-11-17-22-21-13-23(17)2)24-10-9-15(12-24)14-5-7-16(25-3)8-6-14/h5-8,13,15H,4,9-12H2,1-3H3,(H,19,20). The second kappa shape index (κ2) is 8.00. The predicted octanol–water partition coefficient (Wildman–Crippen LogP) is 1.78. The number of likely N-dealkylation sites (tertiary alicyclic amines) is 1. The lowest BCUT2D eigenvalue weighted by atomic mass is 9.98. The van der Waals surface area contributed by atoms with Crippen molar-refractivity contribution in [2.45, 2.75) is 25.8 Å². The average Bonchev–Trinajstić information content (AvgIpc) is 3.28. The molecule has 1 unspecified atom stereocenters. The average molecular weight is 342 g/mol. The molecule has 1 aromatic heterocycles. The van der Waals surface area contributed by atoms with Gasteiger partial charge in [0.2, 0.25) is 0 Å². The number of ether oxygens (including phenoxy) is 1. The van der Waals surface area contributed by atoms with Crippen LogP contribution in [0.5, 0.6) is 5.75 Å². The Balaban J connectivity index is 1.67. The van der Waals surface area contributed by atoms with E-state index in [1.54, 1.807) is 13.4 Å². The van der Waals surface area contributed by atoms with E-state index >= 15 is 0 Å². The number of methoxy groups -OCH3 is 1. The van der Waals surface area contributed by atoms with Crippen molar-refractivity contribution >= 4 is 5.96 Å². The van der Waals surface area contributed by atoms with Crippen molar-refractivity contribution in [2.24, 2.45) is 12.0 Å². The zero-order chi connectivity index (χ0) is 17.6. The summed E-state index contributed by atoms with van der Waals surface area (Å²) >= 11 is 0. The molecule has 0 radical (unpaired) electrons. The van der Waals surface area contributed by atoms with E-state index in [-0.39, 0.29) is 0 Å². The zero-order valence-corrected chi connectivity index (χ0v) is 15.1. The summed E-state index contributed by atoms with van der Waals surface area (Å²) in [4.78, 5) is 7.07. The van der Waals surface area contributed by atoms with E-state index < -0.39 is 0 Å². The summed E-state index contributed by atoms with van der Waals surface area (Å²) in [6, 6.07) is 8.39. The quantitative estimate of drug-likeness (QED) is 0.663. The van der Waals surface area contributed by atoms with E-state index in [1.807, 2.05) is 23.7 Å². The molecule has 1 aliphatic heterocycles. The Morgan fingerprint density at radius 1 is 1.36 bits per heavy atom. The number of rotatable bonds is 5. The molecule has 134 valence electrons. The van der Waals surface area contributed by atoms with Crippen LogP contribution in [0.3, 0.4) is 0 Å². The number of aromatic nitrogens is 3. The van der Waals surface area contributed by atoms with E-state index in [4.69, 9.17) is 9.73 Å². The largest absolute Gasteiger partial charge is 0.497 e. The molecule has 0 amide bonds. The molecule has 2 heterocycles. The molecular formula is C18H26N6O. The highest BCUT2D eigenvalue weighted by atomic mass is 16.5. The first-order chi connectivity index (χ1) is 12.2. The predicted molar refractivity (Wildman–Crippen MR) is 97.7 cm³/mol. The highest BCUT2D eigenvalue weighted by Gasteiger charge is 2.26. The van der Waals surface area contributed by atoms with Crippen LogP contribution in [0, 0.1) is 0 Å². The molecule has 3 rings (SSSR count). The van der Waals surface area contributed by atoms with Crippen LogP contribution < -0.4 is 10.1 Å². The van der Waals surface area contributed by atoms with Gasteiger partial charge in [-0.25, -0.2) is 4.99 Å². The van der Waals surface area contributed by atoms with Crippen molar-refractivity contribution in [1.82, 2.24) is 25.0 Å². The Hall–Kier alpha value is -2.57. The van der Waals surface area contributed by atoms with Gasteiger partial charge in [-0.3, -0.25) is 0 Å². The summed E-state index contributed by atoms with van der Waals surface area (Å²) in [6.07, 6.45) is 2.83. The maximum Gasteiger partial charge on any atom is 0.194 e. The lowest BCUT2D eigenvalue weighted by molar-refractivity contribution is 0.414. The molecule has 1 aliphatic rings. The smallest absolute Gasteiger partial charge is 0.194 e. The minimum Gasteiger partial charge on any atom is -0.497 e. The molecule has 7 nitrogen and oxygen atoms in total. The van der Waals surface area contributed by atoms with E-state index in [1.165, 1.54) is 5.56 Å². The van der Waals surface area contributed by atoms with E-state index in [2.05, 4.69) is 39.5 Å². The van der Waals surface area contributed by atoms with Crippen LogP contribution in [0.4, 0.5) is 0 Å². The molecule has 0 aliphatic carbocycles. The third-order valence-electron chi connectivity index (χ3n) is 4.59. The number of benzene rings is 1. The number of guanidine groups is 1. The molecule has 7 heteroatoms. The summed E-state index contributed by atoms with van der Waals surface area (Å²) in [7, 11) is 3.63. The topological polar surface area (TPSA) is 67.6 Å². The highest BCUT2D eigenvalue weighted by Crippen LogP contribution is 2.28. The number of nitrogens with zero attached hydrogens (tertiary/aromatic N) is 5. The van der Waals surface area contributed by atoms with Crippen molar-refractivity contribution in [1.29, 1.82) is 0 Å². The lowest BCUT2D eigenvalue weighted by Gasteiger charge is -2.21. The minimum atomic E-state index is 0.518. The van der Waals surface area contributed by atoms with Crippen LogP contribution in [0.25, 0.3) is 0 Å². The fourth-order valence-corrected chi connectivity index (χ4v) is 3.12. The van der Waals surface area contributed by atoms with Gasteiger partial charge in [0.15, 0.2) is 11.8 Å². The Labute approximate surface area is 148 Å². The first kappa shape index (κ1) is 17.3. The van der Waals surface area contributed by atoms with Gasteiger partial charge in [-0.15, -0.1) is 10.2 Å². The summed E-state index contributed by atoms with van der Waals surface area (Å²) < 4.78 is 7.15. The fourth-order valence-electron chi connectivity index (χ4n) is 3.12. The molecule has 0 saturated carbocycles. The van der Waals surface area contributed by atoms with Gasteiger partial charge >= 0.3 is 0 Å². The van der Waals surface area contributed by atoms with Crippen molar-refractivity contribution in [2.75, 3.05) is 26.7 Å². The molecular weight excluding hydrogens is 316 g/mol. The van der Waals surface area contributed by atoms with E-state index in [9.17, 15) is 0 Å². The third kappa shape index (κ3) is 4.10. The molecule has 1 N–H and O–H groups in total. The molecule has 1 aromatic carbocycles. The number of hydrogen-bond acceptors (Lipinski definition) is 4. The van der Waals surface area contributed by atoms with Crippen LogP contribution in [0.2, 0.25) is 0 Å². The van der Waals surface area contributed by atoms with Gasteiger partial charge in [0.25, 0.3) is 0 Å². The van der Waals surface area contributed by atoms with Crippen molar-refractivity contribution in [3.63, 3.8) is 0 Å². The molecule has 25 heavy (non-hydrogen) atoms. The Kier molecular flexibility index (Phi) is 5.53.